The van der Waals surface area contributed by atoms with E-state index in [4.69, 9.17) is 4.74 Å². The Hall–Kier alpha value is -3.74. The average molecular weight is 480 g/mol. The summed E-state index contributed by atoms with van der Waals surface area (Å²) in [6, 6.07) is 18.2. The third-order valence-corrected chi connectivity index (χ3v) is 6.16. The third kappa shape index (κ3) is 6.23. The monoisotopic (exact) mass is 479 g/mol. The molecule has 0 aliphatic carbocycles. The lowest BCUT2D eigenvalue weighted by atomic mass is 9.91. The fourth-order valence-corrected chi connectivity index (χ4v) is 4.53. The van der Waals surface area contributed by atoms with Crippen LogP contribution in [0, 0.1) is 11.6 Å². The van der Waals surface area contributed by atoms with Gasteiger partial charge in [0.25, 0.3) is 0 Å². The van der Waals surface area contributed by atoms with Crippen molar-refractivity contribution in [3.05, 3.63) is 101 Å². The number of halogens is 2. The van der Waals surface area contributed by atoms with Crippen LogP contribution in [0.2, 0.25) is 0 Å². The summed E-state index contributed by atoms with van der Waals surface area (Å²) in [6.45, 7) is 1.68. The maximum absolute atomic E-state index is 14.1. The van der Waals surface area contributed by atoms with E-state index in [0.29, 0.717) is 36.1 Å². The number of carboxylic acids is 1. The molecule has 0 radical (unpaired) electrons. The van der Waals surface area contributed by atoms with Gasteiger partial charge in [-0.15, -0.1) is 0 Å². The Bertz CT molecular complexity index is 1250. The second-order valence-corrected chi connectivity index (χ2v) is 9.20. The number of hydrogen-bond donors (Lipinski definition) is 1. The molecule has 5 nitrogen and oxygen atoms in total. The zero-order valence-electron chi connectivity index (χ0n) is 19.5. The summed E-state index contributed by atoms with van der Waals surface area (Å²) in [5.74, 6) is -1.37. The first-order valence-electron chi connectivity index (χ1n) is 11.5. The summed E-state index contributed by atoms with van der Waals surface area (Å²) < 4.78 is 33.7. The Morgan fingerprint density at radius 2 is 1.83 bits per heavy atom. The van der Waals surface area contributed by atoms with Crippen LogP contribution in [0.15, 0.2) is 66.7 Å². The summed E-state index contributed by atoms with van der Waals surface area (Å²) in [5, 5.41) is 9.27. The summed E-state index contributed by atoms with van der Waals surface area (Å²) >= 11 is 0. The SMILES string of the molecule is C[C@]1(Cc2ccccc2F)Cc2cc(CC(=O)N(CCc3cccc(F)c3)CC(=O)O)ccc2O1. The number of nitrogens with zero attached hydrogens (tertiary/aromatic N) is 1. The van der Waals surface area contributed by atoms with E-state index in [1.807, 2.05) is 13.0 Å². The average Bonchev–Trinajstić information content (AvgIpc) is 3.13. The molecule has 0 unspecified atom stereocenters. The number of amides is 1. The Morgan fingerprint density at radius 1 is 1.03 bits per heavy atom. The van der Waals surface area contributed by atoms with E-state index in [2.05, 4.69) is 0 Å². The molecule has 1 heterocycles. The highest BCUT2D eigenvalue weighted by molar-refractivity contribution is 5.83. The van der Waals surface area contributed by atoms with Crippen molar-refractivity contribution < 1.29 is 28.2 Å². The molecule has 0 fully saturated rings. The highest BCUT2D eigenvalue weighted by Gasteiger charge is 2.35. The summed E-state index contributed by atoms with van der Waals surface area (Å²) in [5.41, 5.74) is 2.35. The minimum absolute atomic E-state index is 0.0355. The van der Waals surface area contributed by atoms with E-state index in [0.717, 1.165) is 11.1 Å². The number of carboxylic acid groups (broad SMARTS) is 1. The molecule has 1 amide bonds. The summed E-state index contributed by atoms with van der Waals surface area (Å²) in [6.07, 6.45) is 1.36. The molecule has 7 heteroatoms. The molecular weight excluding hydrogens is 452 g/mol. The maximum Gasteiger partial charge on any atom is 0.323 e. The smallest absolute Gasteiger partial charge is 0.323 e. The van der Waals surface area contributed by atoms with Crippen LogP contribution in [0.5, 0.6) is 5.75 Å². The molecular formula is C28H27F2NO4. The number of aliphatic carboxylic acids is 1. The molecule has 3 aromatic rings. The highest BCUT2D eigenvalue weighted by Crippen LogP contribution is 2.38. The van der Waals surface area contributed by atoms with Crippen LogP contribution in [0.1, 0.15) is 29.2 Å². The fraction of sp³-hybridized carbons (Fsp3) is 0.286. The first kappa shape index (κ1) is 24.4. The van der Waals surface area contributed by atoms with Gasteiger partial charge in [0.05, 0.1) is 6.42 Å². The minimum atomic E-state index is -1.11. The number of hydrogen-bond acceptors (Lipinski definition) is 3. The van der Waals surface area contributed by atoms with Crippen LogP contribution in [-0.4, -0.2) is 40.6 Å². The van der Waals surface area contributed by atoms with E-state index in [1.54, 1.807) is 42.5 Å². The van der Waals surface area contributed by atoms with Crippen LogP contribution >= 0.6 is 0 Å². The zero-order valence-corrected chi connectivity index (χ0v) is 19.5. The maximum atomic E-state index is 14.1. The fourth-order valence-electron chi connectivity index (χ4n) is 4.53. The van der Waals surface area contributed by atoms with Crippen molar-refractivity contribution in [2.75, 3.05) is 13.1 Å². The predicted molar refractivity (Wildman–Crippen MR) is 127 cm³/mol. The molecule has 1 aliphatic heterocycles. The number of rotatable bonds is 9. The van der Waals surface area contributed by atoms with Gasteiger partial charge in [0.1, 0.15) is 29.5 Å². The van der Waals surface area contributed by atoms with Gasteiger partial charge in [0.2, 0.25) is 5.91 Å². The van der Waals surface area contributed by atoms with Crippen molar-refractivity contribution >= 4 is 11.9 Å². The normalized spacial score (nSPS) is 16.4. The Labute approximate surface area is 203 Å². The van der Waals surface area contributed by atoms with Crippen molar-refractivity contribution in [3.8, 4) is 5.75 Å². The van der Waals surface area contributed by atoms with Crippen molar-refractivity contribution in [2.24, 2.45) is 0 Å². The number of fused-ring (bicyclic) bond motifs is 1. The molecule has 0 saturated heterocycles. The Balaban J connectivity index is 1.42. The van der Waals surface area contributed by atoms with Crippen LogP contribution in [-0.2, 0) is 35.3 Å². The lowest BCUT2D eigenvalue weighted by Crippen LogP contribution is -2.38. The lowest BCUT2D eigenvalue weighted by molar-refractivity contribution is -0.144. The number of ether oxygens (including phenoxy) is 1. The summed E-state index contributed by atoms with van der Waals surface area (Å²) in [4.78, 5) is 25.6. The van der Waals surface area contributed by atoms with Crippen LogP contribution in [0.4, 0.5) is 8.78 Å². The van der Waals surface area contributed by atoms with Gasteiger partial charge in [-0.2, -0.15) is 0 Å². The minimum Gasteiger partial charge on any atom is -0.487 e. The summed E-state index contributed by atoms with van der Waals surface area (Å²) in [7, 11) is 0. The molecule has 0 bridgehead atoms. The third-order valence-electron chi connectivity index (χ3n) is 6.16. The molecule has 4 rings (SSSR count). The Kier molecular flexibility index (Phi) is 7.15. The van der Waals surface area contributed by atoms with Crippen molar-refractivity contribution in [3.63, 3.8) is 0 Å². The molecule has 1 aliphatic rings. The van der Waals surface area contributed by atoms with Crippen molar-refractivity contribution in [2.45, 2.75) is 38.2 Å². The van der Waals surface area contributed by atoms with Crippen LogP contribution < -0.4 is 4.74 Å². The molecule has 0 spiro atoms. The Morgan fingerprint density at radius 3 is 2.57 bits per heavy atom. The van der Waals surface area contributed by atoms with Gasteiger partial charge in [-0.25, -0.2) is 8.78 Å². The first-order chi connectivity index (χ1) is 16.7. The van der Waals surface area contributed by atoms with Gasteiger partial charge < -0.3 is 14.7 Å². The predicted octanol–water partition coefficient (Wildman–Crippen LogP) is 4.60. The van der Waals surface area contributed by atoms with E-state index in [9.17, 15) is 23.5 Å². The largest absolute Gasteiger partial charge is 0.487 e. The van der Waals surface area contributed by atoms with Gasteiger partial charge in [0, 0.05) is 19.4 Å². The number of carbonyl (C=O) groups excluding carboxylic acids is 1. The van der Waals surface area contributed by atoms with E-state index in [1.165, 1.54) is 23.1 Å². The van der Waals surface area contributed by atoms with Crippen molar-refractivity contribution in [1.82, 2.24) is 4.90 Å². The molecule has 0 saturated carbocycles. The van der Waals surface area contributed by atoms with E-state index >= 15 is 0 Å². The number of carbonyl (C=O) groups is 2. The topological polar surface area (TPSA) is 66.8 Å². The molecule has 1 atom stereocenters. The van der Waals surface area contributed by atoms with Gasteiger partial charge in [-0.05, 0) is 59.9 Å². The molecule has 0 aromatic heterocycles. The van der Waals surface area contributed by atoms with E-state index < -0.39 is 18.1 Å². The van der Waals surface area contributed by atoms with Crippen LogP contribution in [0.25, 0.3) is 0 Å². The quantitative estimate of drug-likeness (QED) is 0.487. The molecule has 1 N–H and O–H groups in total. The zero-order chi connectivity index (χ0) is 25.0. The molecule has 3 aromatic carbocycles. The second kappa shape index (κ2) is 10.3. The standard InChI is InChI=1S/C28H27F2NO4/c1-28(16-21-6-2-3-8-24(21)30)17-22-13-20(9-10-25(22)35-28)15-26(32)31(18-27(33)34)12-11-19-5-4-7-23(29)14-19/h2-10,13-14H,11-12,15-18H2,1H3,(H,33,34)/t28-/m0/s1. The number of benzene rings is 3. The van der Waals surface area contributed by atoms with Gasteiger partial charge in [-0.1, -0.05) is 42.5 Å². The highest BCUT2D eigenvalue weighted by atomic mass is 19.1. The molecule has 182 valence electrons. The molecule has 35 heavy (non-hydrogen) atoms. The first-order valence-corrected chi connectivity index (χ1v) is 11.5. The van der Waals surface area contributed by atoms with Gasteiger partial charge in [-0.3, -0.25) is 9.59 Å². The van der Waals surface area contributed by atoms with Gasteiger partial charge in [0.15, 0.2) is 0 Å². The van der Waals surface area contributed by atoms with Crippen molar-refractivity contribution in [1.29, 1.82) is 0 Å². The second-order valence-electron chi connectivity index (χ2n) is 9.20. The lowest BCUT2D eigenvalue weighted by Gasteiger charge is -2.24. The van der Waals surface area contributed by atoms with E-state index in [-0.39, 0.29) is 30.5 Å². The van der Waals surface area contributed by atoms with Crippen LogP contribution in [0.3, 0.4) is 0 Å². The van der Waals surface area contributed by atoms with Gasteiger partial charge >= 0.3 is 5.97 Å².